The van der Waals surface area contributed by atoms with Crippen molar-refractivity contribution in [2.45, 2.75) is 13.0 Å². The summed E-state index contributed by atoms with van der Waals surface area (Å²) in [6.07, 6.45) is -0.659. The van der Waals surface area contributed by atoms with Crippen LogP contribution in [0.15, 0.2) is 24.3 Å². The minimum Gasteiger partial charge on any atom is -0.389 e. The van der Waals surface area contributed by atoms with Crippen molar-refractivity contribution >= 4 is 0 Å². The third-order valence-corrected chi connectivity index (χ3v) is 1.37. The standard InChI is InChI=1S/C8H9O2/c1-6(9)7-4-2-3-5-8(7)10/h2-6,9H,1H3. The van der Waals surface area contributed by atoms with Crippen LogP contribution in [0.3, 0.4) is 0 Å². The Hall–Kier alpha value is -1.02. The molecular formula is C8H9O2. The van der Waals surface area contributed by atoms with Crippen molar-refractivity contribution in [3.8, 4) is 5.75 Å². The number of para-hydroxylation sites is 1. The van der Waals surface area contributed by atoms with Gasteiger partial charge in [0.1, 0.15) is 0 Å². The van der Waals surface area contributed by atoms with Crippen molar-refractivity contribution < 1.29 is 10.2 Å². The molecule has 0 amide bonds. The molecule has 0 aliphatic carbocycles. The van der Waals surface area contributed by atoms with E-state index in [1.807, 2.05) is 0 Å². The van der Waals surface area contributed by atoms with Crippen LogP contribution in [0.25, 0.3) is 0 Å². The minimum absolute atomic E-state index is 0.0995. The third kappa shape index (κ3) is 1.28. The molecule has 0 bridgehead atoms. The maximum atomic E-state index is 10.9. The van der Waals surface area contributed by atoms with Gasteiger partial charge >= 0.3 is 0 Å². The van der Waals surface area contributed by atoms with E-state index in [9.17, 15) is 5.11 Å². The summed E-state index contributed by atoms with van der Waals surface area (Å²) in [5.74, 6) is -0.0995. The fraction of sp³-hybridized carbons (Fsp3) is 0.250. The smallest absolute Gasteiger partial charge is 0.184 e. The molecule has 53 valence electrons. The third-order valence-electron chi connectivity index (χ3n) is 1.37. The van der Waals surface area contributed by atoms with Crippen LogP contribution in [0.5, 0.6) is 5.75 Å². The van der Waals surface area contributed by atoms with E-state index in [0.717, 1.165) is 0 Å². The predicted octanol–water partition coefficient (Wildman–Crippen LogP) is 1.88. The Morgan fingerprint density at radius 3 is 2.40 bits per heavy atom. The van der Waals surface area contributed by atoms with Crippen LogP contribution in [0.4, 0.5) is 0 Å². The van der Waals surface area contributed by atoms with E-state index in [0.29, 0.717) is 5.56 Å². The minimum atomic E-state index is -0.659. The molecule has 1 aromatic carbocycles. The Balaban J connectivity index is 3.03. The molecule has 0 aliphatic rings. The Bertz CT molecular complexity index is 218. The summed E-state index contributed by atoms with van der Waals surface area (Å²) in [5.41, 5.74) is 0.461. The lowest BCUT2D eigenvalue weighted by Gasteiger charge is -2.02. The highest BCUT2D eigenvalue weighted by Gasteiger charge is 2.05. The summed E-state index contributed by atoms with van der Waals surface area (Å²) in [5, 5.41) is 19.9. The molecule has 1 N–H and O–H groups in total. The lowest BCUT2D eigenvalue weighted by molar-refractivity contribution is 0.191. The molecule has 0 aliphatic heterocycles. The zero-order chi connectivity index (χ0) is 7.56. The normalized spacial score (nSPS) is 13.0. The Morgan fingerprint density at radius 1 is 1.40 bits per heavy atom. The van der Waals surface area contributed by atoms with Gasteiger partial charge in [0.05, 0.1) is 6.10 Å². The van der Waals surface area contributed by atoms with Crippen LogP contribution in [0.2, 0.25) is 0 Å². The fourth-order valence-electron chi connectivity index (χ4n) is 0.826. The van der Waals surface area contributed by atoms with Crippen molar-refractivity contribution in [3.63, 3.8) is 0 Å². The van der Waals surface area contributed by atoms with Gasteiger partial charge in [-0.15, -0.1) is 0 Å². The highest BCUT2D eigenvalue weighted by molar-refractivity contribution is 5.32. The average Bonchev–Trinajstić information content (AvgIpc) is 1.88. The first kappa shape index (κ1) is 7.09. The van der Waals surface area contributed by atoms with Crippen molar-refractivity contribution in [2.75, 3.05) is 0 Å². The highest BCUT2D eigenvalue weighted by Crippen LogP contribution is 2.22. The van der Waals surface area contributed by atoms with Gasteiger partial charge in [-0.05, 0) is 13.0 Å². The zero-order valence-corrected chi connectivity index (χ0v) is 5.74. The molecule has 2 nitrogen and oxygen atoms in total. The number of hydrogen-bond donors (Lipinski definition) is 1. The van der Waals surface area contributed by atoms with Gasteiger partial charge in [0, 0.05) is 5.56 Å². The molecule has 1 rings (SSSR count). The van der Waals surface area contributed by atoms with Crippen molar-refractivity contribution in [1.82, 2.24) is 0 Å². The van der Waals surface area contributed by atoms with E-state index in [4.69, 9.17) is 5.11 Å². The molecule has 1 aromatic rings. The highest BCUT2D eigenvalue weighted by atomic mass is 16.3. The van der Waals surface area contributed by atoms with Gasteiger partial charge in [-0.3, -0.25) is 5.11 Å². The molecule has 1 unspecified atom stereocenters. The number of rotatable bonds is 1. The maximum absolute atomic E-state index is 10.9. The van der Waals surface area contributed by atoms with Crippen molar-refractivity contribution in [2.24, 2.45) is 0 Å². The second-order valence-electron chi connectivity index (χ2n) is 2.21. The quantitative estimate of drug-likeness (QED) is 0.630. The Morgan fingerprint density at radius 2 is 2.00 bits per heavy atom. The number of aliphatic hydroxyl groups is 1. The van der Waals surface area contributed by atoms with Gasteiger partial charge in [0.15, 0.2) is 5.75 Å². The summed E-state index contributed by atoms with van der Waals surface area (Å²) in [7, 11) is 0. The molecule has 0 saturated carbocycles. The molecule has 0 fully saturated rings. The lowest BCUT2D eigenvalue weighted by atomic mass is 10.1. The summed E-state index contributed by atoms with van der Waals surface area (Å²) in [6, 6.07) is 6.48. The summed E-state index contributed by atoms with van der Waals surface area (Å²) >= 11 is 0. The molecule has 1 atom stereocenters. The second kappa shape index (κ2) is 2.71. The molecule has 0 heterocycles. The van der Waals surface area contributed by atoms with Gasteiger partial charge in [0.2, 0.25) is 0 Å². The first-order valence-electron chi connectivity index (χ1n) is 3.16. The van der Waals surface area contributed by atoms with Gasteiger partial charge in [-0.2, -0.15) is 0 Å². The van der Waals surface area contributed by atoms with E-state index in [1.54, 1.807) is 25.1 Å². The first-order valence-corrected chi connectivity index (χ1v) is 3.16. The molecule has 0 aromatic heterocycles. The largest absolute Gasteiger partial charge is 0.389 e. The summed E-state index contributed by atoms with van der Waals surface area (Å²) in [4.78, 5) is 0. The van der Waals surface area contributed by atoms with Crippen LogP contribution < -0.4 is 0 Å². The molecule has 1 radical (unpaired) electrons. The lowest BCUT2D eigenvalue weighted by Crippen LogP contribution is -1.89. The van der Waals surface area contributed by atoms with E-state index in [2.05, 4.69) is 0 Å². The van der Waals surface area contributed by atoms with Gasteiger partial charge in [0.25, 0.3) is 0 Å². The monoisotopic (exact) mass is 137 g/mol. The van der Waals surface area contributed by atoms with Crippen LogP contribution in [0.1, 0.15) is 18.6 Å². The van der Waals surface area contributed by atoms with E-state index < -0.39 is 6.10 Å². The van der Waals surface area contributed by atoms with Crippen LogP contribution >= 0.6 is 0 Å². The molecule has 2 heteroatoms. The molecule has 0 saturated heterocycles. The second-order valence-corrected chi connectivity index (χ2v) is 2.21. The van der Waals surface area contributed by atoms with Crippen molar-refractivity contribution in [1.29, 1.82) is 0 Å². The van der Waals surface area contributed by atoms with Crippen LogP contribution in [0, 0.1) is 0 Å². The molecular weight excluding hydrogens is 128 g/mol. The molecule has 0 spiro atoms. The van der Waals surface area contributed by atoms with Crippen molar-refractivity contribution in [3.05, 3.63) is 29.8 Å². The maximum Gasteiger partial charge on any atom is 0.184 e. The van der Waals surface area contributed by atoms with E-state index in [1.165, 1.54) is 6.07 Å². The van der Waals surface area contributed by atoms with Crippen LogP contribution in [-0.2, 0) is 5.11 Å². The SMILES string of the molecule is CC(O)c1ccccc1[O]. The van der Waals surface area contributed by atoms with Gasteiger partial charge in [-0.1, -0.05) is 18.2 Å². The fourth-order valence-corrected chi connectivity index (χ4v) is 0.826. The predicted molar refractivity (Wildman–Crippen MR) is 37.2 cm³/mol. The number of benzene rings is 1. The van der Waals surface area contributed by atoms with Gasteiger partial charge < -0.3 is 5.11 Å². The Labute approximate surface area is 59.7 Å². The molecule has 10 heavy (non-hydrogen) atoms. The van der Waals surface area contributed by atoms with E-state index in [-0.39, 0.29) is 5.75 Å². The van der Waals surface area contributed by atoms with Gasteiger partial charge in [-0.25, -0.2) is 0 Å². The van der Waals surface area contributed by atoms with Crippen LogP contribution in [-0.4, -0.2) is 5.11 Å². The Kier molecular flexibility index (Phi) is 1.92. The summed E-state index contributed by atoms with van der Waals surface area (Å²) < 4.78 is 0. The topological polar surface area (TPSA) is 40.1 Å². The van der Waals surface area contributed by atoms with E-state index >= 15 is 0 Å². The zero-order valence-electron chi connectivity index (χ0n) is 5.74. The first-order chi connectivity index (χ1) is 4.72. The number of aliphatic hydroxyl groups excluding tert-OH is 1. The summed E-state index contributed by atoms with van der Waals surface area (Å²) in [6.45, 7) is 1.58. The average molecular weight is 137 g/mol. The number of hydrogen-bond acceptors (Lipinski definition) is 1.